The van der Waals surface area contributed by atoms with Gasteiger partial charge in [-0.2, -0.15) is 0 Å². The summed E-state index contributed by atoms with van der Waals surface area (Å²) in [6.45, 7) is 0. The molecule has 0 aliphatic carbocycles. The molecule has 0 unspecified atom stereocenters. The number of carbonyl (C=O) groups excluding carboxylic acids is 2. The maximum absolute atomic E-state index is 12.0. The second kappa shape index (κ2) is 10.9. The number of rotatable bonds is 6. The van der Waals surface area contributed by atoms with E-state index in [1.807, 2.05) is 97.1 Å². The fraction of sp³-hybridized carbons (Fsp3) is 0. The molecule has 3 nitrogen and oxygen atoms in total. The van der Waals surface area contributed by atoms with Crippen molar-refractivity contribution in [1.82, 2.24) is 0 Å². The SMILES string of the molecule is O=Cc1ccc(-c2c(Oc3ccc4ccccc4c3-c3ccc(C=O)c4ccccc34)ccc3ccccc23)c2ccccc12. The molecule has 8 rings (SSSR count). The van der Waals surface area contributed by atoms with E-state index < -0.39 is 0 Å². The van der Waals surface area contributed by atoms with E-state index in [0.717, 1.165) is 77.9 Å². The zero-order valence-corrected chi connectivity index (χ0v) is 24.2. The lowest BCUT2D eigenvalue weighted by atomic mass is 9.90. The molecule has 0 heterocycles. The van der Waals surface area contributed by atoms with Gasteiger partial charge in [0.05, 0.1) is 0 Å². The van der Waals surface area contributed by atoms with E-state index in [-0.39, 0.29) is 0 Å². The number of ether oxygens (including phenoxy) is 1. The van der Waals surface area contributed by atoms with Crippen LogP contribution >= 0.6 is 0 Å². The average Bonchev–Trinajstić information content (AvgIpc) is 3.11. The lowest BCUT2D eigenvalue weighted by molar-refractivity contribution is 0.111. The number of hydrogen-bond donors (Lipinski definition) is 0. The van der Waals surface area contributed by atoms with Crippen molar-refractivity contribution in [2.45, 2.75) is 0 Å². The van der Waals surface area contributed by atoms with Crippen LogP contribution < -0.4 is 4.74 Å². The normalized spacial score (nSPS) is 11.3. The molecule has 212 valence electrons. The first kappa shape index (κ1) is 26.6. The first-order valence-electron chi connectivity index (χ1n) is 14.9. The van der Waals surface area contributed by atoms with Crippen LogP contribution in [0.15, 0.2) is 146 Å². The summed E-state index contributed by atoms with van der Waals surface area (Å²) >= 11 is 0. The summed E-state index contributed by atoms with van der Waals surface area (Å²) in [5.41, 5.74) is 5.21. The topological polar surface area (TPSA) is 43.4 Å². The van der Waals surface area contributed by atoms with E-state index in [2.05, 4.69) is 48.5 Å². The van der Waals surface area contributed by atoms with Crippen molar-refractivity contribution in [3.63, 3.8) is 0 Å². The van der Waals surface area contributed by atoms with E-state index in [9.17, 15) is 9.59 Å². The van der Waals surface area contributed by atoms with Crippen molar-refractivity contribution >= 4 is 55.7 Å². The van der Waals surface area contributed by atoms with Crippen molar-refractivity contribution < 1.29 is 14.3 Å². The molecule has 0 atom stereocenters. The standard InChI is InChI=1S/C42H26O3/c43-25-29-17-21-37(35-15-7-5-11-31(29)35)41-33-13-3-1-9-27(33)19-23-39(41)45-40-24-20-28-10-2-4-14-34(28)42(40)38-22-18-30(26-44)32-12-6-8-16-36(32)38/h1-26H. The minimum absolute atomic E-state index is 0.652. The molecule has 0 spiro atoms. The molecule has 0 fully saturated rings. The van der Waals surface area contributed by atoms with E-state index in [4.69, 9.17) is 4.74 Å². The molecule has 8 aromatic rings. The Labute approximate surface area is 259 Å². The summed E-state index contributed by atoms with van der Waals surface area (Å²) in [5, 5.41) is 8.07. The van der Waals surface area contributed by atoms with Crippen LogP contribution in [0.25, 0.3) is 65.3 Å². The smallest absolute Gasteiger partial charge is 0.150 e. The number of aldehydes is 2. The van der Waals surface area contributed by atoms with Crippen LogP contribution in [0.1, 0.15) is 20.7 Å². The Hall–Kier alpha value is -6.06. The average molecular weight is 579 g/mol. The van der Waals surface area contributed by atoms with Gasteiger partial charge in [-0.05, 0) is 66.3 Å². The zero-order valence-electron chi connectivity index (χ0n) is 24.2. The lowest BCUT2D eigenvalue weighted by Gasteiger charge is -2.20. The van der Waals surface area contributed by atoms with Gasteiger partial charge in [0.2, 0.25) is 0 Å². The predicted molar refractivity (Wildman–Crippen MR) is 185 cm³/mol. The van der Waals surface area contributed by atoms with Gasteiger partial charge in [0.25, 0.3) is 0 Å². The van der Waals surface area contributed by atoms with Crippen LogP contribution in [-0.4, -0.2) is 12.6 Å². The van der Waals surface area contributed by atoms with Crippen LogP contribution in [0.5, 0.6) is 11.5 Å². The van der Waals surface area contributed by atoms with Crippen LogP contribution in [0.4, 0.5) is 0 Å². The van der Waals surface area contributed by atoms with Crippen molar-refractivity contribution in [3.05, 3.63) is 157 Å². The van der Waals surface area contributed by atoms with Gasteiger partial charge in [-0.25, -0.2) is 0 Å². The summed E-state index contributed by atoms with van der Waals surface area (Å²) in [6.07, 6.45) is 1.82. The Bertz CT molecular complexity index is 2280. The first-order valence-corrected chi connectivity index (χ1v) is 14.9. The Balaban J connectivity index is 1.42. The third-order valence-corrected chi connectivity index (χ3v) is 8.71. The molecule has 0 aromatic heterocycles. The van der Waals surface area contributed by atoms with Gasteiger partial charge in [0, 0.05) is 22.3 Å². The monoisotopic (exact) mass is 578 g/mol. The number of benzene rings is 8. The van der Waals surface area contributed by atoms with E-state index >= 15 is 0 Å². The second-order valence-electron chi connectivity index (χ2n) is 11.2. The molecule has 0 saturated heterocycles. The minimum atomic E-state index is 0.652. The molecular formula is C42H26O3. The van der Waals surface area contributed by atoms with Crippen molar-refractivity contribution in [2.75, 3.05) is 0 Å². The zero-order chi connectivity index (χ0) is 30.3. The highest BCUT2D eigenvalue weighted by atomic mass is 16.5. The third-order valence-electron chi connectivity index (χ3n) is 8.71. The Kier molecular flexibility index (Phi) is 6.43. The molecule has 8 aromatic carbocycles. The summed E-state index contributed by atoms with van der Waals surface area (Å²) in [7, 11) is 0. The van der Waals surface area contributed by atoms with E-state index in [1.54, 1.807) is 0 Å². The molecule has 0 amide bonds. The maximum Gasteiger partial charge on any atom is 0.150 e. The summed E-state index contributed by atoms with van der Waals surface area (Å²) < 4.78 is 7.04. The summed E-state index contributed by atoms with van der Waals surface area (Å²) in [6, 6.07) is 48.7. The molecular weight excluding hydrogens is 552 g/mol. The maximum atomic E-state index is 12.0. The first-order chi connectivity index (χ1) is 22.2. The molecule has 0 N–H and O–H groups in total. The van der Waals surface area contributed by atoms with Crippen LogP contribution in [0.2, 0.25) is 0 Å². The lowest BCUT2D eigenvalue weighted by Crippen LogP contribution is -1.96. The highest BCUT2D eigenvalue weighted by Crippen LogP contribution is 2.47. The molecule has 3 heteroatoms. The van der Waals surface area contributed by atoms with Gasteiger partial charge in [-0.1, -0.05) is 133 Å². The molecule has 0 saturated carbocycles. The number of hydrogen-bond acceptors (Lipinski definition) is 3. The Morgan fingerprint density at radius 2 is 0.733 bits per heavy atom. The third kappa shape index (κ3) is 4.37. The Morgan fingerprint density at radius 3 is 1.16 bits per heavy atom. The van der Waals surface area contributed by atoms with Gasteiger partial charge >= 0.3 is 0 Å². The quantitative estimate of drug-likeness (QED) is 0.184. The predicted octanol–water partition coefficient (Wildman–Crippen LogP) is 11.1. The molecule has 0 radical (unpaired) electrons. The fourth-order valence-corrected chi connectivity index (χ4v) is 6.63. The van der Waals surface area contributed by atoms with Crippen LogP contribution in [0.3, 0.4) is 0 Å². The molecule has 0 aliphatic rings. The molecule has 0 aliphatic heterocycles. The van der Waals surface area contributed by atoms with Gasteiger partial charge in [-0.15, -0.1) is 0 Å². The van der Waals surface area contributed by atoms with Gasteiger partial charge in [-0.3, -0.25) is 9.59 Å². The summed E-state index contributed by atoms with van der Waals surface area (Å²) in [4.78, 5) is 23.9. The van der Waals surface area contributed by atoms with E-state index in [1.165, 1.54) is 0 Å². The Morgan fingerprint density at radius 1 is 0.356 bits per heavy atom. The van der Waals surface area contributed by atoms with Crippen molar-refractivity contribution in [3.8, 4) is 33.8 Å². The molecule has 0 bridgehead atoms. The van der Waals surface area contributed by atoms with Gasteiger partial charge in [0.15, 0.2) is 12.6 Å². The van der Waals surface area contributed by atoms with Crippen molar-refractivity contribution in [2.24, 2.45) is 0 Å². The highest BCUT2D eigenvalue weighted by molar-refractivity contribution is 6.13. The van der Waals surface area contributed by atoms with Crippen molar-refractivity contribution in [1.29, 1.82) is 0 Å². The fourth-order valence-electron chi connectivity index (χ4n) is 6.63. The van der Waals surface area contributed by atoms with E-state index in [0.29, 0.717) is 22.6 Å². The summed E-state index contributed by atoms with van der Waals surface area (Å²) in [5.74, 6) is 1.42. The second-order valence-corrected chi connectivity index (χ2v) is 11.2. The largest absolute Gasteiger partial charge is 0.456 e. The van der Waals surface area contributed by atoms with Crippen LogP contribution in [0, 0.1) is 0 Å². The van der Waals surface area contributed by atoms with Gasteiger partial charge in [0.1, 0.15) is 11.5 Å². The minimum Gasteiger partial charge on any atom is -0.456 e. The number of fused-ring (bicyclic) bond motifs is 4. The highest BCUT2D eigenvalue weighted by Gasteiger charge is 2.20. The van der Waals surface area contributed by atoms with Crippen LogP contribution in [-0.2, 0) is 0 Å². The molecule has 45 heavy (non-hydrogen) atoms. The van der Waals surface area contributed by atoms with Gasteiger partial charge < -0.3 is 4.74 Å². The number of carbonyl (C=O) groups is 2.